The minimum absolute atomic E-state index is 0.00931. The summed E-state index contributed by atoms with van der Waals surface area (Å²) in [6, 6.07) is 20.5. The number of rotatable bonds is 7. The van der Waals surface area contributed by atoms with Gasteiger partial charge in [0.05, 0.1) is 4.90 Å². The van der Waals surface area contributed by atoms with E-state index in [1.807, 2.05) is 24.3 Å². The van der Waals surface area contributed by atoms with E-state index in [0.717, 1.165) is 55.0 Å². The van der Waals surface area contributed by atoms with Crippen LogP contribution in [0.15, 0.2) is 77.7 Å². The summed E-state index contributed by atoms with van der Waals surface area (Å²) < 4.78 is 40.7. The van der Waals surface area contributed by atoms with E-state index in [2.05, 4.69) is 46.4 Å². The van der Waals surface area contributed by atoms with Crippen molar-refractivity contribution >= 4 is 21.6 Å². The molecule has 0 unspecified atom stereocenters. The Bertz CT molecular complexity index is 1370. The molecular weight excluding hydrogens is 503 g/mol. The van der Waals surface area contributed by atoms with Gasteiger partial charge in [0.15, 0.2) is 0 Å². The Balaban J connectivity index is 1.22. The third kappa shape index (κ3) is 5.75. The summed E-state index contributed by atoms with van der Waals surface area (Å²) in [7, 11) is -1.74. The summed E-state index contributed by atoms with van der Waals surface area (Å²) in [5.74, 6) is -0.831. The summed E-state index contributed by atoms with van der Waals surface area (Å²) in [5, 5.41) is 2.92. The average molecular weight is 537 g/mol. The number of piperazine rings is 1. The van der Waals surface area contributed by atoms with Crippen molar-refractivity contribution < 1.29 is 17.6 Å². The number of sulfonamides is 1. The molecule has 3 aromatic rings. The summed E-state index contributed by atoms with van der Waals surface area (Å²) in [5.41, 5.74) is 4.32. The molecule has 0 aromatic heterocycles. The maximum atomic E-state index is 13.3. The third-order valence-electron chi connectivity index (χ3n) is 7.39. The lowest BCUT2D eigenvalue weighted by Gasteiger charge is -2.34. The van der Waals surface area contributed by atoms with Crippen LogP contribution in [0.1, 0.15) is 18.4 Å². The number of nitrogens with one attached hydrogen (secondary N) is 1. The Morgan fingerprint density at radius 1 is 0.921 bits per heavy atom. The molecule has 2 aliphatic heterocycles. The molecule has 0 radical (unpaired) electrons. The molecule has 38 heavy (non-hydrogen) atoms. The number of anilines is 1. The first-order valence-electron chi connectivity index (χ1n) is 13.0. The number of halogens is 1. The highest BCUT2D eigenvalue weighted by atomic mass is 32.2. The molecule has 200 valence electrons. The second kappa shape index (κ2) is 11.2. The molecule has 9 heteroatoms. The molecule has 0 saturated carbocycles. The first kappa shape index (κ1) is 26.3. The molecule has 3 aromatic carbocycles. The lowest BCUT2D eigenvalue weighted by Crippen LogP contribution is -2.45. The molecule has 1 N–H and O–H groups in total. The van der Waals surface area contributed by atoms with Crippen LogP contribution in [0.2, 0.25) is 0 Å². The Morgan fingerprint density at radius 2 is 1.63 bits per heavy atom. The topological polar surface area (TPSA) is 73.0 Å². The van der Waals surface area contributed by atoms with Gasteiger partial charge in [-0.05, 0) is 79.0 Å². The van der Waals surface area contributed by atoms with Crippen LogP contribution in [0.3, 0.4) is 0 Å². The first-order valence-corrected chi connectivity index (χ1v) is 14.4. The summed E-state index contributed by atoms with van der Waals surface area (Å²) >= 11 is 0. The van der Waals surface area contributed by atoms with Crippen molar-refractivity contribution in [1.29, 1.82) is 0 Å². The zero-order valence-electron chi connectivity index (χ0n) is 21.5. The molecule has 2 heterocycles. The molecule has 0 aliphatic carbocycles. The number of hydrogen-bond donors (Lipinski definition) is 1. The normalized spacial score (nSPS) is 19.0. The van der Waals surface area contributed by atoms with E-state index in [1.54, 1.807) is 0 Å². The third-order valence-corrected chi connectivity index (χ3v) is 9.31. The quantitative estimate of drug-likeness (QED) is 0.499. The lowest BCUT2D eigenvalue weighted by molar-refractivity contribution is -0.124. The monoisotopic (exact) mass is 536 g/mol. The number of amides is 1. The zero-order valence-corrected chi connectivity index (χ0v) is 22.3. The molecular formula is C29H33FN4O3S. The molecule has 0 bridgehead atoms. The largest absolute Gasteiger partial charge is 0.369 e. The van der Waals surface area contributed by atoms with Gasteiger partial charge < -0.3 is 15.1 Å². The van der Waals surface area contributed by atoms with Gasteiger partial charge in [0.2, 0.25) is 15.9 Å². The van der Waals surface area contributed by atoms with Crippen molar-refractivity contribution in [2.24, 2.45) is 0 Å². The van der Waals surface area contributed by atoms with Crippen molar-refractivity contribution in [2.45, 2.75) is 30.3 Å². The van der Waals surface area contributed by atoms with Crippen LogP contribution in [-0.4, -0.2) is 69.3 Å². The lowest BCUT2D eigenvalue weighted by atomic mass is 10.0. The van der Waals surface area contributed by atoms with E-state index >= 15 is 0 Å². The molecule has 7 nitrogen and oxygen atoms in total. The molecule has 5 rings (SSSR count). The highest BCUT2D eigenvalue weighted by molar-refractivity contribution is 7.89. The van der Waals surface area contributed by atoms with Crippen molar-refractivity contribution in [3.63, 3.8) is 0 Å². The van der Waals surface area contributed by atoms with Gasteiger partial charge in [0, 0.05) is 45.0 Å². The Kier molecular flexibility index (Phi) is 7.78. The maximum absolute atomic E-state index is 13.3. The van der Waals surface area contributed by atoms with E-state index in [9.17, 15) is 17.6 Å². The van der Waals surface area contributed by atoms with Gasteiger partial charge in [-0.2, -0.15) is 4.31 Å². The second-order valence-electron chi connectivity index (χ2n) is 9.98. The summed E-state index contributed by atoms with van der Waals surface area (Å²) in [4.78, 5) is 17.8. The van der Waals surface area contributed by atoms with Crippen LogP contribution in [0.5, 0.6) is 0 Å². The molecule has 1 atom stereocenters. The van der Waals surface area contributed by atoms with E-state index in [0.29, 0.717) is 19.4 Å². The van der Waals surface area contributed by atoms with Crippen LogP contribution < -0.4 is 10.2 Å². The minimum atomic E-state index is -3.89. The molecule has 2 saturated heterocycles. The van der Waals surface area contributed by atoms with Crippen LogP contribution in [0, 0.1) is 5.82 Å². The number of benzene rings is 3. The zero-order chi connectivity index (χ0) is 26.7. The van der Waals surface area contributed by atoms with Gasteiger partial charge in [-0.15, -0.1) is 0 Å². The Morgan fingerprint density at radius 3 is 2.34 bits per heavy atom. The van der Waals surface area contributed by atoms with E-state index < -0.39 is 21.9 Å². The first-order chi connectivity index (χ1) is 18.3. The highest BCUT2D eigenvalue weighted by Gasteiger charge is 2.39. The number of carbonyl (C=O) groups is 1. The fourth-order valence-corrected chi connectivity index (χ4v) is 6.79. The highest BCUT2D eigenvalue weighted by Crippen LogP contribution is 2.27. The average Bonchev–Trinajstić information content (AvgIpc) is 3.44. The smallest absolute Gasteiger partial charge is 0.243 e. The number of likely N-dealkylation sites (N-methyl/N-ethyl adjacent to an activating group) is 1. The van der Waals surface area contributed by atoms with Gasteiger partial charge >= 0.3 is 0 Å². The van der Waals surface area contributed by atoms with Gasteiger partial charge in [-0.1, -0.05) is 30.3 Å². The molecule has 2 aliphatic rings. The van der Waals surface area contributed by atoms with Gasteiger partial charge in [0.1, 0.15) is 11.9 Å². The van der Waals surface area contributed by atoms with E-state index in [1.165, 1.54) is 22.1 Å². The summed E-state index contributed by atoms with van der Waals surface area (Å²) in [6.07, 6.45) is 1.05. The van der Waals surface area contributed by atoms with E-state index in [4.69, 9.17) is 0 Å². The molecule has 0 spiro atoms. The van der Waals surface area contributed by atoms with Crippen LogP contribution in [0.25, 0.3) is 11.1 Å². The van der Waals surface area contributed by atoms with Gasteiger partial charge in [-0.3, -0.25) is 4.79 Å². The fraction of sp³-hybridized carbons (Fsp3) is 0.345. The van der Waals surface area contributed by atoms with E-state index in [-0.39, 0.29) is 17.3 Å². The number of nitrogens with zero attached hydrogens (tertiary/aromatic N) is 3. The number of hydrogen-bond acceptors (Lipinski definition) is 5. The van der Waals surface area contributed by atoms with Crippen LogP contribution in [-0.2, 0) is 21.4 Å². The SMILES string of the molecule is CN1CCN(c2ccc(-c3cccc(CNC(=O)[C@@H]4CCCN4S(=O)(=O)c4ccc(F)cc4)c3)cc2)CC1. The summed E-state index contributed by atoms with van der Waals surface area (Å²) in [6.45, 7) is 4.73. The van der Waals surface area contributed by atoms with Crippen molar-refractivity contribution in [1.82, 2.24) is 14.5 Å². The van der Waals surface area contributed by atoms with Gasteiger partial charge in [0.25, 0.3) is 0 Å². The van der Waals surface area contributed by atoms with Crippen LogP contribution >= 0.6 is 0 Å². The van der Waals surface area contributed by atoms with Gasteiger partial charge in [-0.25, -0.2) is 12.8 Å². The molecule has 1 amide bonds. The maximum Gasteiger partial charge on any atom is 0.243 e. The predicted octanol–water partition coefficient (Wildman–Crippen LogP) is 3.71. The Hall–Kier alpha value is -3.27. The minimum Gasteiger partial charge on any atom is -0.369 e. The second-order valence-corrected chi connectivity index (χ2v) is 11.9. The standard InChI is InChI=1S/C29H33FN4O3S/c1-32-16-18-33(19-17-32)26-11-7-23(8-12-26)24-5-2-4-22(20-24)21-31-29(35)28-6-3-15-34(28)38(36,37)27-13-9-25(30)10-14-27/h2,4-5,7-14,20,28H,3,6,15-19,21H2,1H3,(H,31,35)/t28-/m0/s1. The van der Waals surface area contributed by atoms with Crippen molar-refractivity contribution in [3.8, 4) is 11.1 Å². The van der Waals surface area contributed by atoms with Crippen LogP contribution in [0.4, 0.5) is 10.1 Å². The van der Waals surface area contributed by atoms with Crippen molar-refractivity contribution in [2.75, 3.05) is 44.7 Å². The number of carbonyl (C=O) groups excluding carboxylic acids is 1. The Labute approximate surface area is 223 Å². The predicted molar refractivity (Wildman–Crippen MR) is 147 cm³/mol. The van der Waals surface area contributed by atoms with Crippen molar-refractivity contribution in [3.05, 3.63) is 84.2 Å². The molecule has 2 fully saturated rings. The fourth-order valence-electron chi connectivity index (χ4n) is 5.13.